The van der Waals surface area contributed by atoms with Crippen molar-refractivity contribution in [2.45, 2.75) is 31.3 Å². The lowest BCUT2D eigenvalue weighted by Crippen LogP contribution is -2.44. The van der Waals surface area contributed by atoms with Crippen LogP contribution in [0.1, 0.15) is 29.0 Å². The summed E-state index contributed by atoms with van der Waals surface area (Å²) in [5.41, 5.74) is 3.86. The van der Waals surface area contributed by atoms with Gasteiger partial charge in [0.05, 0.1) is 6.04 Å². The lowest BCUT2D eigenvalue weighted by atomic mass is 9.80. The van der Waals surface area contributed by atoms with E-state index in [9.17, 15) is 13.2 Å². The van der Waals surface area contributed by atoms with Gasteiger partial charge in [-0.15, -0.1) is 13.2 Å². The number of benzene rings is 4. The van der Waals surface area contributed by atoms with E-state index in [0.29, 0.717) is 19.6 Å². The van der Waals surface area contributed by atoms with Crippen molar-refractivity contribution in [1.29, 1.82) is 0 Å². The summed E-state index contributed by atoms with van der Waals surface area (Å²) in [4.78, 5) is 2.24. The zero-order valence-electron chi connectivity index (χ0n) is 19.6. The van der Waals surface area contributed by atoms with Gasteiger partial charge in [0.25, 0.3) is 0 Å². The highest BCUT2D eigenvalue weighted by atomic mass is 19.4. The van der Waals surface area contributed by atoms with E-state index in [0.717, 1.165) is 28.1 Å². The third-order valence-corrected chi connectivity index (χ3v) is 6.45. The number of halogens is 3. The molecule has 0 aliphatic carbocycles. The first kappa shape index (κ1) is 23.8. The van der Waals surface area contributed by atoms with Gasteiger partial charge in [0.2, 0.25) is 0 Å². The van der Waals surface area contributed by atoms with Crippen LogP contribution >= 0.6 is 0 Å². The third-order valence-electron chi connectivity index (χ3n) is 6.45. The van der Waals surface area contributed by atoms with E-state index < -0.39 is 6.36 Å². The SMILES string of the molecule is FC(F)(F)Oc1ccc2c(c1)C(c1ccccc1)CC(COc1ccccc1)N2Cc1ccccc1. The van der Waals surface area contributed by atoms with Crippen LogP contribution in [0.4, 0.5) is 18.9 Å². The first-order chi connectivity index (χ1) is 17.5. The maximum atomic E-state index is 13.0. The molecule has 0 saturated heterocycles. The van der Waals surface area contributed by atoms with Crippen LogP contribution in [-0.4, -0.2) is 19.0 Å². The van der Waals surface area contributed by atoms with Crippen LogP contribution in [0, 0.1) is 0 Å². The molecule has 36 heavy (non-hydrogen) atoms. The van der Waals surface area contributed by atoms with Crippen molar-refractivity contribution in [3.05, 3.63) is 126 Å². The van der Waals surface area contributed by atoms with Crippen LogP contribution in [0.15, 0.2) is 109 Å². The Morgan fingerprint density at radius 3 is 2.06 bits per heavy atom. The monoisotopic (exact) mass is 489 g/mol. The van der Waals surface area contributed by atoms with Gasteiger partial charge in [0, 0.05) is 18.2 Å². The van der Waals surface area contributed by atoms with Crippen LogP contribution in [0.25, 0.3) is 0 Å². The molecular weight excluding hydrogens is 463 g/mol. The summed E-state index contributed by atoms with van der Waals surface area (Å²) in [6, 6.07) is 34.3. The van der Waals surface area contributed by atoms with Crippen LogP contribution in [0.2, 0.25) is 0 Å². The quantitative estimate of drug-likeness (QED) is 0.267. The Bertz CT molecular complexity index is 1260. The van der Waals surface area contributed by atoms with Crippen molar-refractivity contribution in [3.63, 3.8) is 0 Å². The summed E-state index contributed by atoms with van der Waals surface area (Å²) in [6.45, 7) is 1.05. The van der Waals surface area contributed by atoms with E-state index in [-0.39, 0.29) is 17.7 Å². The molecule has 1 aliphatic rings. The zero-order valence-corrected chi connectivity index (χ0v) is 19.6. The molecule has 0 radical (unpaired) electrons. The fourth-order valence-corrected chi connectivity index (χ4v) is 4.86. The predicted octanol–water partition coefficient (Wildman–Crippen LogP) is 7.58. The zero-order chi connectivity index (χ0) is 25.0. The average Bonchev–Trinajstić information content (AvgIpc) is 2.89. The second-order valence-corrected chi connectivity index (χ2v) is 8.86. The summed E-state index contributed by atoms with van der Waals surface area (Å²) in [6.07, 6.45) is -4.06. The van der Waals surface area contributed by atoms with E-state index >= 15 is 0 Å². The number of rotatable bonds is 7. The molecule has 1 aliphatic heterocycles. The van der Waals surface area contributed by atoms with Gasteiger partial charge >= 0.3 is 6.36 Å². The molecule has 0 amide bonds. The summed E-state index contributed by atoms with van der Waals surface area (Å²) in [5, 5.41) is 0. The first-order valence-electron chi connectivity index (χ1n) is 11.9. The minimum Gasteiger partial charge on any atom is -0.491 e. The molecule has 0 N–H and O–H groups in total. The number of hydrogen-bond donors (Lipinski definition) is 0. The fraction of sp³-hybridized carbons (Fsp3) is 0.200. The van der Waals surface area contributed by atoms with Gasteiger partial charge < -0.3 is 14.4 Å². The molecule has 0 fully saturated rings. The number of anilines is 1. The van der Waals surface area contributed by atoms with Crippen LogP contribution in [0.5, 0.6) is 11.5 Å². The van der Waals surface area contributed by atoms with E-state index in [4.69, 9.17) is 4.74 Å². The molecule has 4 aromatic carbocycles. The van der Waals surface area contributed by atoms with Gasteiger partial charge in [-0.2, -0.15) is 0 Å². The molecule has 6 heteroatoms. The first-order valence-corrected chi connectivity index (χ1v) is 11.9. The largest absolute Gasteiger partial charge is 0.573 e. The van der Waals surface area contributed by atoms with Crippen molar-refractivity contribution in [2.24, 2.45) is 0 Å². The van der Waals surface area contributed by atoms with Crippen molar-refractivity contribution < 1.29 is 22.6 Å². The normalized spacial score (nSPS) is 17.4. The van der Waals surface area contributed by atoms with E-state index in [1.54, 1.807) is 6.07 Å². The molecule has 2 atom stereocenters. The average molecular weight is 490 g/mol. The Morgan fingerprint density at radius 2 is 1.39 bits per heavy atom. The van der Waals surface area contributed by atoms with Crippen LogP contribution < -0.4 is 14.4 Å². The minimum atomic E-state index is -4.75. The molecule has 184 valence electrons. The summed E-state index contributed by atoms with van der Waals surface area (Å²) >= 11 is 0. The smallest absolute Gasteiger partial charge is 0.491 e. The number of nitrogens with zero attached hydrogens (tertiary/aromatic N) is 1. The Labute approximate surface area is 208 Å². The van der Waals surface area contributed by atoms with Gasteiger partial charge in [0.15, 0.2) is 0 Å². The second kappa shape index (κ2) is 10.4. The predicted molar refractivity (Wildman–Crippen MR) is 134 cm³/mol. The minimum absolute atomic E-state index is 0.00231. The Balaban J connectivity index is 1.55. The van der Waals surface area contributed by atoms with Crippen molar-refractivity contribution in [1.82, 2.24) is 0 Å². The molecule has 0 saturated carbocycles. The van der Waals surface area contributed by atoms with Gasteiger partial charge in [-0.05, 0) is 53.4 Å². The molecule has 1 heterocycles. The maximum Gasteiger partial charge on any atom is 0.573 e. The summed E-state index contributed by atoms with van der Waals surface area (Å²) in [5.74, 6) is 0.475. The molecule has 0 aromatic heterocycles. The highest BCUT2D eigenvalue weighted by molar-refractivity contribution is 5.63. The molecular formula is C30H26F3NO2. The summed E-state index contributed by atoms with van der Waals surface area (Å²) < 4.78 is 49.6. The Hall–Kier alpha value is -3.93. The highest BCUT2D eigenvalue weighted by Crippen LogP contribution is 2.45. The fourth-order valence-electron chi connectivity index (χ4n) is 4.86. The standard InChI is InChI=1S/C30H26F3NO2/c31-30(32,33)36-26-16-17-29-28(19-26)27(23-12-6-2-7-13-23)18-24(21-35-25-14-8-3-9-15-25)34(29)20-22-10-4-1-5-11-22/h1-17,19,24,27H,18,20-21H2. The van der Waals surface area contributed by atoms with Gasteiger partial charge in [-0.3, -0.25) is 0 Å². The lowest BCUT2D eigenvalue weighted by Gasteiger charge is -2.42. The van der Waals surface area contributed by atoms with E-state index in [2.05, 4.69) is 21.8 Å². The number of fused-ring (bicyclic) bond motifs is 1. The van der Waals surface area contributed by atoms with E-state index in [1.165, 1.54) is 12.1 Å². The van der Waals surface area contributed by atoms with Gasteiger partial charge in [0.1, 0.15) is 18.1 Å². The Morgan fingerprint density at radius 1 is 0.750 bits per heavy atom. The van der Waals surface area contributed by atoms with Gasteiger partial charge in [-0.1, -0.05) is 78.9 Å². The molecule has 5 rings (SSSR count). The topological polar surface area (TPSA) is 21.7 Å². The maximum absolute atomic E-state index is 13.0. The van der Waals surface area contributed by atoms with E-state index in [1.807, 2.05) is 78.9 Å². The number of ether oxygens (including phenoxy) is 2. The molecule has 3 nitrogen and oxygen atoms in total. The number of hydrogen-bond acceptors (Lipinski definition) is 3. The number of alkyl halides is 3. The molecule has 2 unspecified atom stereocenters. The molecule has 4 aromatic rings. The second-order valence-electron chi connectivity index (χ2n) is 8.86. The molecule has 0 bridgehead atoms. The Kier molecular flexibility index (Phi) is 6.85. The van der Waals surface area contributed by atoms with Crippen molar-refractivity contribution in [3.8, 4) is 11.5 Å². The van der Waals surface area contributed by atoms with Crippen molar-refractivity contribution in [2.75, 3.05) is 11.5 Å². The number of para-hydroxylation sites is 1. The van der Waals surface area contributed by atoms with Crippen LogP contribution in [-0.2, 0) is 6.54 Å². The molecule has 0 spiro atoms. The van der Waals surface area contributed by atoms with Gasteiger partial charge in [-0.25, -0.2) is 0 Å². The van der Waals surface area contributed by atoms with Crippen molar-refractivity contribution >= 4 is 5.69 Å². The lowest BCUT2D eigenvalue weighted by molar-refractivity contribution is -0.274. The highest BCUT2D eigenvalue weighted by Gasteiger charge is 2.36. The third kappa shape index (κ3) is 5.65. The summed E-state index contributed by atoms with van der Waals surface area (Å²) in [7, 11) is 0. The van der Waals surface area contributed by atoms with Crippen LogP contribution in [0.3, 0.4) is 0 Å².